The molecule has 4 aliphatic rings. The van der Waals surface area contributed by atoms with Gasteiger partial charge in [0.05, 0.1) is 31.8 Å². The molecule has 8 rings (SSSR count). The van der Waals surface area contributed by atoms with Crippen LogP contribution in [0.2, 0.25) is 5.02 Å². The van der Waals surface area contributed by atoms with Gasteiger partial charge in [-0.15, -0.1) is 11.3 Å². The zero-order valence-electron chi connectivity index (χ0n) is 23.1. The van der Waals surface area contributed by atoms with Crippen molar-refractivity contribution in [2.75, 3.05) is 44.0 Å². The van der Waals surface area contributed by atoms with Gasteiger partial charge in [0.25, 0.3) is 0 Å². The molecule has 4 aromatic rings. The van der Waals surface area contributed by atoms with Crippen molar-refractivity contribution in [1.82, 2.24) is 14.9 Å². The van der Waals surface area contributed by atoms with Gasteiger partial charge in [0.15, 0.2) is 11.6 Å². The summed E-state index contributed by atoms with van der Waals surface area (Å²) in [6.07, 6.45) is 2.89. The number of halogens is 4. The van der Waals surface area contributed by atoms with E-state index >= 15 is 4.39 Å². The standard InChI is InChI=1S/C30H26ClF3N6O2S/c1-39-27-20-23(37-28(38-27)42-13-30-5-2-8-40(30)11-14(32)9-30)22(34)19(21(31)24(20)41-12-29(39)6-7-29)15-3-4-17(33)25-18(15)16(10-35)26(36)43-25/h3-4,14H,2,5-9,11-13,36H2,1H3/t14-,30+/m1/s1. The van der Waals surface area contributed by atoms with Crippen LogP contribution in [0.4, 0.5) is 24.0 Å². The fourth-order valence-corrected chi connectivity index (χ4v) is 8.51. The summed E-state index contributed by atoms with van der Waals surface area (Å²) in [5.74, 6) is -0.729. The number of alkyl halides is 1. The average Bonchev–Trinajstić information content (AvgIpc) is 3.45. The van der Waals surface area contributed by atoms with Crippen molar-refractivity contribution in [2.24, 2.45) is 0 Å². The Morgan fingerprint density at radius 3 is 2.84 bits per heavy atom. The predicted octanol–water partition coefficient (Wildman–Crippen LogP) is 6.21. The lowest BCUT2D eigenvalue weighted by Crippen LogP contribution is -2.43. The molecule has 0 unspecified atom stereocenters. The number of aromatic nitrogens is 2. The molecule has 222 valence electrons. The Labute approximate surface area is 253 Å². The molecular formula is C30H26ClF3N6O2S. The third kappa shape index (κ3) is 3.77. The van der Waals surface area contributed by atoms with Crippen molar-refractivity contribution in [3.63, 3.8) is 0 Å². The van der Waals surface area contributed by atoms with Crippen LogP contribution >= 0.6 is 22.9 Å². The maximum absolute atomic E-state index is 16.9. The van der Waals surface area contributed by atoms with Crippen molar-refractivity contribution in [3.05, 3.63) is 34.4 Å². The van der Waals surface area contributed by atoms with Crippen LogP contribution in [0.25, 0.3) is 32.1 Å². The van der Waals surface area contributed by atoms with Gasteiger partial charge in [0.2, 0.25) is 0 Å². The van der Waals surface area contributed by atoms with E-state index in [1.165, 1.54) is 12.1 Å². The van der Waals surface area contributed by atoms with Gasteiger partial charge in [-0.1, -0.05) is 17.7 Å². The highest BCUT2D eigenvalue weighted by atomic mass is 35.5. The highest BCUT2D eigenvalue weighted by Gasteiger charge is 2.52. The first-order valence-electron chi connectivity index (χ1n) is 14.2. The van der Waals surface area contributed by atoms with Crippen LogP contribution in [0, 0.1) is 23.0 Å². The number of nitrogen functional groups attached to an aromatic ring is 1. The lowest BCUT2D eigenvalue weighted by Gasteiger charge is -2.31. The van der Waals surface area contributed by atoms with E-state index in [9.17, 15) is 14.0 Å². The summed E-state index contributed by atoms with van der Waals surface area (Å²) >= 11 is 7.87. The molecule has 13 heteroatoms. The number of anilines is 2. The van der Waals surface area contributed by atoms with Crippen molar-refractivity contribution < 1.29 is 22.6 Å². The summed E-state index contributed by atoms with van der Waals surface area (Å²) in [4.78, 5) is 13.4. The molecule has 0 amide bonds. The van der Waals surface area contributed by atoms with E-state index < -0.39 is 23.3 Å². The Morgan fingerprint density at radius 2 is 2.07 bits per heavy atom. The SMILES string of the molecule is CN1c2nc(OC[C@@]34CCCN3C[C@H](F)C4)nc3c(F)c(-c4ccc(F)c5sc(N)c(C#N)c45)c(Cl)c(c23)OCC12CC2. The van der Waals surface area contributed by atoms with Crippen molar-refractivity contribution in [3.8, 4) is 29.0 Å². The molecule has 1 spiro atoms. The topological polar surface area (TPSA) is 101 Å². The van der Waals surface area contributed by atoms with Gasteiger partial charge in [-0.3, -0.25) is 4.90 Å². The quantitative estimate of drug-likeness (QED) is 0.285. The smallest absolute Gasteiger partial charge is 0.319 e. The summed E-state index contributed by atoms with van der Waals surface area (Å²) in [6, 6.07) is 4.59. The predicted molar refractivity (Wildman–Crippen MR) is 159 cm³/mol. The van der Waals surface area contributed by atoms with E-state index in [0.29, 0.717) is 30.8 Å². The number of nitrogens with zero attached hydrogens (tertiary/aromatic N) is 5. The van der Waals surface area contributed by atoms with Crippen LogP contribution in [-0.2, 0) is 0 Å². The fraction of sp³-hybridized carbons (Fsp3) is 0.433. The van der Waals surface area contributed by atoms with Crippen LogP contribution in [0.1, 0.15) is 37.7 Å². The zero-order chi connectivity index (χ0) is 29.8. The van der Waals surface area contributed by atoms with Crippen LogP contribution in [0.3, 0.4) is 0 Å². The van der Waals surface area contributed by atoms with Gasteiger partial charge >= 0.3 is 6.01 Å². The first kappa shape index (κ1) is 27.0. The number of fused-ring (bicyclic) bond motifs is 2. The molecule has 2 aromatic heterocycles. The van der Waals surface area contributed by atoms with Gasteiger partial charge in [0, 0.05) is 31.0 Å². The van der Waals surface area contributed by atoms with Crippen LogP contribution in [-0.4, -0.2) is 65.5 Å². The van der Waals surface area contributed by atoms with E-state index in [1.54, 1.807) is 0 Å². The minimum absolute atomic E-state index is 0.0309. The molecule has 2 N–H and O–H groups in total. The molecule has 0 bridgehead atoms. The number of hydrogen-bond donors (Lipinski definition) is 1. The van der Waals surface area contributed by atoms with E-state index in [4.69, 9.17) is 31.8 Å². The van der Waals surface area contributed by atoms with Crippen molar-refractivity contribution in [2.45, 2.75) is 49.4 Å². The summed E-state index contributed by atoms with van der Waals surface area (Å²) in [5.41, 5.74) is 5.37. The molecule has 8 nitrogen and oxygen atoms in total. The van der Waals surface area contributed by atoms with E-state index in [2.05, 4.69) is 9.88 Å². The van der Waals surface area contributed by atoms with Gasteiger partial charge in [-0.2, -0.15) is 15.2 Å². The van der Waals surface area contributed by atoms with Gasteiger partial charge < -0.3 is 20.1 Å². The maximum Gasteiger partial charge on any atom is 0.319 e. The normalized spacial score (nSPS) is 23.9. The Morgan fingerprint density at radius 1 is 1.26 bits per heavy atom. The van der Waals surface area contributed by atoms with Crippen LogP contribution < -0.4 is 20.1 Å². The molecule has 1 aliphatic carbocycles. The molecule has 3 aliphatic heterocycles. The number of nitrogens with two attached hydrogens (primary N) is 1. The summed E-state index contributed by atoms with van der Waals surface area (Å²) in [7, 11) is 1.88. The summed E-state index contributed by atoms with van der Waals surface area (Å²) in [5, 5.41) is 10.4. The molecule has 2 saturated heterocycles. The van der Waals surface area contributed by atoms with Gasteiger partial charge in [-0.25, -0.2) is 13.2 Å². The van der Waals surface area contributed by atoms with Crippen molar-refractivity contribution >= 4 is 54.7 Å². The van der Waals surface area contributed by atoms with Gasteiger partial charge in [-0.05, 0) is 43.9 Å². The Balaban J connectivity index is 1.35. The van der Waals surface area contributed by atoms with Crippen molar-refractivity contribution in [1.29, 1.82) is 5.26 Å². The largest absolute Gasteiger partial charge is 0.489 e. The molecule has 2 atom stereocenters. The number of benzene rings is 2. The fourth-order valence-electron chi connectivity index (χ4n) is 7.22. The van der Waals surface area contributed by atoms with E-state index in [-0.39, 0.29) is 66.2 Å². The Hall–Kier alpha value is -3.53. The molecule has 3 fully saturated rings. The lowest BCUT2D eigenvalue weighted by atomic mass is 9.95. The number of rotatable bonds is 4. The summed E-state index contributed by atoms with van der Waals surface area (Å²) in [6.45, 7) is 1.65. The first-order chi connectivity index (χ1) is 20.7. The van der Waals surface area contributed by atoms with Crippen LogP contribution in [0.15, 0.2) is 12.1 Å². The molecule has 1 saturated carbocycles. The molecule has 43 heavy (non-hydrogen) atoms. The Bertz CT molecular complexity index is 1910. The second kappa shape index (κ2) is 9.24. The highest BCUT2D eigenvalue weighted by Crippen LogP contribution is 2.54. The monoisotopic (exact) mass is 626 g/mol. The van der Waals surface area contributed by atoms with E-state index in [0.717, 1.165) is 43.6 Å². The summed E-state index contributed by atoms with van der Waals surface area (Å²) < 4.78 is 58.8. The number of hydrogen-bond acceptors (Lipinski definition) is 9. The van der Waals surface area contributed by atoms with Gasteiger partial charge in [0.1, 0.15) is 47.6 Å². The first-order valence-corrected chi connectivity index (χ1v) is 15.4. The average molecular weight is 627 g/mol. The zero-order valence-corrected chi connectivity index (χ0v) is 24.7. The maximum atomic E-state index is 16.9. The van der Waals surface area contributed by atoms with Crippen LogP contribution in [0.5, 0.6) is 11.8 Å². The number of likely N-dealkylation sites (N-methyl/N-ethyl adjacent to an activating group) is 1. The Kier molecular flexibility index (Phi) is 5.81. The second-order valence-electron chi connectivity index (χ2n) is 12.1. The third-order valence-corrected chi connectivity index (χ3v) is 11.1. The lowest BCUT2D eigenvalue weighted by molar-refractivity contribution is 0.107. The minimum atomic E-state index is -0.925. The number of thiophene rings is 1. The molecule has 0 radical (unpaired) electrons. The number of ether oxygens (including phenoxy) is 2. The molecular weight excluding hydrogens is 601 g/mol. The highest BCUT2D eigenvalue weighted by molar-refractivity contribution is 7.23. The van der Waals surface area contributed by atoms with E-state index in [1.807, 2.05) is 18.0 Å². The third-order valence-electron chi connectivity index (χ3n) is 9.71. The minimum Gasteiger partial charge on any atom is -0.489 e. The molecule has 2 aromatic carbocycles. The second-order valence-corrected chi connectivity index (χ2v) is 13.5. The molecule has 5 heterocycles. The number of nitriles is 1.